The van der Waals surface area contributed by atoms with Crippen LogP contribution in [0.3, 0.4) is 0 Å². The maximum absolute atomic E-state index is 2.31. The van der Waals surface area contributed by atoms with Crippen LogP contribution in [0.1, 0.15) is 41.0 Å². The van der Waals surface area contributed by atoms with Crippen LogP contribution in [0.2, 0.25) is 0 Å². The Hall–Kier alpha value is -0.260. The van der Waals surface area contributed by atoms with E-state index in [1.54, 1.807) is 0 Å². The lowest BCUT2D eigenvalue weighted by Gasteiger charge is -2.23. The summed E-state index contributed by atoms with van der Waals surface area (Å²) in [5, 5.41) is 0. The van der Waals surface area contributed by atoms with Crippen LogP contribution in [0.4, 0.5) is 0 Å². The summed E-state index contributed by atoms with van der Waals surface area (Å²) in [6.07, 6.45) is 5.67. The summed E-state index contributed by atoms with van der Waals surface area (Å²) in [7, 11) is 0. The second kappa shape index (κ2) is 5.40. The predicted molar refractivity (Wildman–Crippen MR) is 52.6 cm³/mol. The summed E-state index contributed by atoms with van der Waals surface area (Å²) in [5.74, 6) is 2.48. The molecule has 0 aliphatic rings. The molecule has 0 radical (unpaired) electrons. The quantitative estimate of drug-likeness (QED) is 0.539. The number of hydrogen-bond acceptors (Lipinski definition) is 0. The summed E-state index contributed by atoms with van der Waals surface area (Å²) in [5.41, 5.74) is 0. The van der Waals surface area contributed by atoms with Gasteiger partial charge in [-0.3, -0.25) is 0 Å². The van der Waals surface area contributed by atoms with E-state index >= 15 is 0 Å². The first-order valence-electron chi connectivity index (χ1n) is 4.70. The molecule has 0 N–H and O–H groups in total. The molecule has 0 bridgehead atoms. The van der Waals surface area contributed by atoms with Crippen molar-refractivity contribution in [1.29, 1.82) is 0 Å². The topological polar surface area (TPSA) is 0 Å². The zero-order chi connectivity index (χ0) is 8.85. The average molecular weight is 154 g/mol. The molecular weight excluding hydrogens is 132 g/mol. The van der Waals surface area contributed by atoms with Gasteiger partial charge in [0.1, 0.15) is 0 Å². The van der Waals surface area contributed by atoms with Gasteiger partial charge >= 0.3 is 0 Å². The number of rotatable bonds is 4. The first kappa shape index (κ1) is 10.7. The highest BCUT2D eigenvalue weighted by Gasteiger charge is 2.14. The van der Waals surface area contributed by atoms with Gasteiger partial charge in [-0.05, 0) is 31.1 Å². The molecule has 0 aromatic rings. The monoisotopic (exact) mass is 154 g/mol. The zero-order valence-electron chi connectivity index (χ0n) is 8.59. The molecule has 0 aromatic carbocycles. The Morgan fingerprint density at radius 2 is 1.45 bits per heavy atom. The van der Waals surface area contributed by atoms with Crippen molar-refractivity contribution in [2.75, 3.05) is 0 Å². The van der Waals surface area contributed by atoms with Gasteiger partial charge in [-0.15, -0.1) is 0 Å². The molecule has 0 aromatic heterocycles. The molecule has 0 unspecified atom stereocenters. The van der Waals surface area contributed by atoms with Gasteiger partial charge in [-0.1, -0.05) is 39.8 Å². The van der Waals surface area contributed by atoms with Crippen LogP contribution in [0.15, 0.2) is 12.2 Å². The van der Waals surface area contributed by atoms with Crippen molar-refractivity contribution < 1.29 is 0 Å². The van der Waals surface area contributed by atoms with E-state index in [1.165, 1.54) is 6.42 Å². The van der Waals surface area contributed by atoms with Crippen molar-refractivity contribution in [3.63, 3.8) is 0 Å². The minimum Gasteiger partial charge on any atom is -0.0917 e. The van der Waals surface area contributed by atoms with Gasteiger partial charge in [0.05, 0.1) is 0 Å². The van der Waals surface area contributed by atoms with Gasteiger partial charge in [-0.25, -0.2) is 0 Å². The molecule has 0 heteroatoms. The van der Waals surface area contributed by atoms with Crippen molar-refractivity contribution in [1.82, 2.24) is 0 Å². The second-order valence-corrected chi connectivity index (χ2v) is 3.96. The standard InChI is InChI=1S/C11H22/c1-6-7-8-11(9(2)3)10(4)5/h6-7,9-11H,8H2,1-5H3. The minimum atomic E-state index is 0.811. The molecular formula is C11H22. The van der Waals surface area contributed by atoms with E-state index < -0.39 is 0 Å². The number of allylic oxidation sites excluding steroid dienone is 2. The van der Waals surface area contributed by atoms with E-state index in [0.29, 0.717) is 0 Å². The first-order chi connectivity index (χ1) is 5.09. The second-order valence-electron chi connectivity index (χ2n) is 3.96. The van der Waals surface area contributed by atoms with Crippen molar-refractivity contribution in [2.45, 2.75) is 41.0 Å². The van der Waals surface area contributed by atoms with Crippen molar-refractivity contribution >= 4 is 0 Å². The van der Waals surface area contributed by atoms with Gasteiger partial charge in [-0.2, -0.15) is 0 Å². The maximum Gasteiger partial charge on any atom is -0.0317 e. The third kappa shape index (κ3) is 4.23. The highest BCUT2D eigenvalue weighted by atomic mass is 14.2. The van der Waals surface area contributed by atoms with E-state index in [2.05, 4.69) is 46.8 Å². The Bertz CT molecular complexity index is 101. The average Bonchev–Trinajstić information content (AvgIpc) is 1.87. The van der Waals surface area contributed by atoms with E-state index in [9.17, 15) is 0 Å². The van der Waals surface area contributed by atoms with Crippen LogP contribution >= 0.6 is 0 Å². The molecule has 0 aliphatic heterocycles. The van der Waals surface area contributed by atoms with Gasteiger partial charge in [0.2, 0.25) is 0 Å². The molecule has 0 atom stereocenters. The van der Waals surface area contributed by atoms with Crippen molar-refractivity contribution in [2.24, 2.45) is 17.8 Å². The third-order valence-corrected chi connectivity index (χ3v) is 2.36. The van der Waals surface area contributed by atoms with Crippen LogP contribution < -0.4 is 0 Å². The highest BCUT2D eigenvalue weighted by molar-refractivity contribution is 4.82. The molecule has 0 rings (SSSR count). The molecule has 0 fully saturated rings. The Morgan fingerprint density at radius 1 is 1.00 bits per heavy atom. The largest absolute Gasteiger partial charge is 0.0917 e. The molecule has 66 valence electrons. The van der Waals surface area contributed by atoms with E-state index in [-0.39, 0.29) is 0 Å². The van der Waals surface area contributed by atoms with Crippen LogP contribution in [0.5, 0.6) is 0 Å². The summed E-state index contributed by atoms with van der Waals surface area (Å²) in [4.78, 5) is 0. The predicted octanol–water partition coefficient (Wildman–Crippen LogP) is 3.88. The minimum absolute atomic E-state index is 0.811. The molecule has 0 heterocycles. The fourth-order valence-corrected chi connectivity index (χ4v) is 1.61. The Kier molecular flexibility index (Phi) is 5.27. The number of hydrogen-bond donors (Lipinski definition) is 0. The lowest BCUT2D eigenvalue weighted by Crippen LogP contribution is -2.14. The SMILES string of the molecule is CC=CCC(C(C)C)C(C)C. The fourth-order valence-electron chi connectivity index (χ4n) is 1.61. The summed E-state index contributed by atoms with van der Waals surface area (Å²) >= 11 is 0. The fraction of sp³-hybridized carbons (Fsp3) is 0.818. The van der Waals surface area contributed by atoms with Gasteiger partial charge in [0, 0.05) is 0 Å². The van der Waals surface area contributed by atoms with Crippen molar-refractivity contribution in [3.8, 4) is 0 Å². The van der Waals surface area contributed by atoms with Crippen LogP contribution in [-0.4, -0.2) is 0 Å². The van der Waals surface area contributed by atoms with E-state index in [4.69, 9.17) is 0 Å². The van der Waals surface area contributed by atoms with Gasteiger partial charge < -0.3 is 0 Å². The van der Waals surface area contributed by atoms with Crippen LogP contribution in [0.25, 0.3) is 0 Å². The summed E-state index contributed by atoms with van der Waals surface area (Å²) < 4.78 is 0. The van der Waals surface area contributed by atoms with E-state index in [1.807, 2.05) is 0 Å². The molecule has 0 spiro atoms. The highest BCUT2D eigenvalue weighted by Crippen LogP contribution is 2.24. The lowest BCUT2D eigenvalue weighted by molar-refractivity contribution is 0.291. The zero-order valence-corrected chi connectivity index (χ0v) is 8.59. The molecule has 0 aliphatic carbocycles. The smallest absolute Gasteiger partial charge is 0.0317 e. The maximum atomic E-state index is 2.31. The van der Waals surface area contributed by atoms with E-state index in [0.717, 1.165) is 17.8 Å². The summed E-state index contributed by atoms with van der Waals surface area (Å²) in [6.45, 7) is 11.3. The van der Waals surface area contributed by atoms with Crippen LogP contribution in [-0.2, 0) is 0 Å². The lowest BCUT2D eigenvalue weighted by atomic mass is 9.83. The normalized spacial score (nSPS) is 12.7. The molecule has 11 heavy (non-hydrogen) atoms. The Labute approximate surface area is 71.7 Å². The van der Waals surface area contributed by atoms with Gasteiger partial charge in [0.15, 0.2) is 0 Å². The van der Waals surface area contributed by atoms with Crippen molar-refractivity contribution in [3.05, 3.63) is 12.2 Å². The molecule has 0 nitrogen and oxygen atoms in total. The Balaban J connectivity index is 3.89. The third-order valence-electron chi connectivity index (χ3n) is 2.36. The van der Waals surface area contributed by atoms with Crippen LogP contribution in [0, 0.1) is 17.8 Å². The molecule has 0 saturated heterocycles. The summed E-state index contributed by atoms with van der Waals surface area (Å²) in [6, 6.07) is 0. The first-order valence-corrected chi connectivity index (χ1v) is 4.70. The Morgan fingerprint density at radius 3 is 1.73 bits per heavy atom. The van der Waals surface area contributed by atoms with Gasteiger partial charge in [0.25, 0.3) is 0 Å². The molecule has 0 saturated carbocycles. The molecule has 0 amide bonds.